The van der Waals surface area contributed by atoms with Crippen LogP contribution in [0.2, 0.25) is 0 Å². The van der Waals surface area contributed by atoms with Gasteiger partial charge in [0.2, 0.25) is 0 Å². The molecule has 0 radical (unpaired) electrons. The minimum Gasteiger partial charge on any atom is -0.459 e. The monoisotopic (exact) mass is 352 g/mol. The van der Waals surface area contributed by atoms with E-state index in [-0.39, 0.29) is 6.42 Å². The molecule has 2 unspecified atom stereocenters. The van der Waals surface area contributed by atoms with Crippen molar-refractivity contribution in [2.24, 2.45) is 0 Å². The standard InChI is InChI=1S/C15H30NO6P/c1-7-8-9-13(21-15(17)12(2)3)10-14(11-16(4,5)6)22-23(18,19)20/h13-14H,2,7-11H2,1,3-6H3,(H-,18,19,20)/p+1. The summed E-state index contributed by atoms with van der Waals surface area (Å²) in [7, 11) is 1.09. The van der Waals surface area contributed by atoms with E-state index >= 15 is 0 Å². The van der Waals surface area contributed by atoms with Gasteiger partial charge in [-0.1, -0.05) is 26.3 Å². The Bertz CT molecular complexity index is 440. The second kappa shape index (κ2) is 9.55. The van der Waals surface area contributed by atoms with E-state index in [2.05, 4.69) is 6.58 Å². The number of nitrogens with zero attached hydrogens (tertiary/aromatic N) is 1. The summed E-state index contributed by atoms with van der Waals surface area (Å²) < 4.78 is 22.0. The van der Waals surface area contributed by atoms with E-state index in [9.17, 15) is 9.36 Å². The number of phosphoric ester groups is 1. The average molecular weight is 352 g/mol. The van der Waals surface area contributed by atoms with Gasteiger partial charge in [0, 0.05) is 12.0 Å². The number of unbranched alkanes of at least 4 members (excludes halogenated alkanes) is 1. The molecule has 7 nitrogen and oxygen atoms in total. The highest BCUT2D eigenvalue weighted by Crippen LogP contribution is 2.39. The van der Waals surface area contributed by atoms with Crippen LogP contribution in [0.4, 0.5) is 0 Å². The summed E-state index contributed by atoms with van der Waals surface area (Å²) in [5.74, 6) is -0.494. The Hall–Kier alpha value is -0.720. The second-order valence-electron chi connectivity index (χ2n) is 6.88. The molecule has 0 aromatic carbocycles. The molecule has 0 aromatic rings. The van der Waals surface area contributed by atoms with Gasteiger partial charge in [-0.05, 0) is 13.3 Å². The van der Waals surface area contributed by atoms with Crippen molar-refractivity contribution in [3.63, 3.8) is 0 Å². The summed E-state index contributed by atoms with van der Waals surface area (Å²) in [4.78, 5) is 30.0. The van der Waals surface area contributed by atoms with Crippen LogP contribution in [0.3, 0.4) is 0 Å². The van der Waals surface area contributed by atoms with Gasteiger partial charge >= 0.3 is 13.8 Å². The molecule has 0 aliphatic rings. The molecule has 136 valence electrons. The molecule has 0 aliphatic heterocycles. The van der Waals surface area contributed by atoms with Crippen LogP contribution >= 0.6 is 7.82 Å². The summed E-state index contributed by atoms with van der Waals surface area (Å²) in [5.41, 5.74) is 0.297. The van der Waals surface area contributed by atoms with E-state index < -0.39 is 26.0 Å². The molecule has 0 fully saturated rings. The van der Waals surface area contributed by atoms with Crippen LogP contribution in [0.15, 0.2) is 12.2 Å². The smallest absolute Gasteiger partial charge is 0.459 e. The topological polar surface area (TPSA) is 93.1 Å². The van der Waals surface area contributed by atoms with Gasteiger partial charge in [0.25, 0.3) is 0 Å². The SMILES string of the molecule is C=C(C)C(=O)OC(CCCC)CC(C[N+](C)(C)C)OP(=O)(O)O. The van der Waals surface area contributed by atoms with Crippen LogP contribution in [0.1, 0.15) is 39.5 Å². The lowest BCUT2D eigenvalue weighted by Gasteiger charge is -2.31. The molecular formula is C15H31NO6P+. The molecule has 0 aliphatic carbocycles. The minimum absolute atomic E-state index is 0.236. The normalized spacial score (nSPS) is 15.1. The molecule has 0 bridgehead atoms. The number of hydrogen-bond donors (Lipinski definition) is 2. The largest absolute Gasteiger partial charge is 0.470 e. The fourth-order valence-electron chi connectivity index (χ4n) is 2.16. The van der Waals surface area contributed by atoms with Crippen LogP contribution in [-0.4, -0.2) is 60.1 Å². The maximum absolute atomic E-state index is 11.7. The van der Waals surface area contributed by atoms with Crippen LogP contribution < -0.4 is 0 Å². The first-order valence-electron chi connectivity index (χ1n) is 7.75. The van der Waals surface area contributed by atoms with E-state index in [4.69, 9.17) is 19.0 Å². The lowest BCUT2D eigenvalue weighted by atomic mass is 10.0. The molecule has 0 aromatic heterocycles. The van der Waals surface area contributed by atoms with Crippen LogP contribution in [0.5, 0.6) is 0 Å². The first-order chi connectivity index (χ1) is 10.3. The predicted molar refractivity (Wildman–Crippen MR) is 88.7 cm³/mol. The van der Waals surface area contributed by atoms with Crippen molar-refractivity contribution in [1.82, 2.24) is 0 Å². The van der Waals surface area contributed by atoms with Crippen molar-refractivity contribution in [2.45, 2.75) is 51.7 Å². The maximum Gasteiger partial charge on any atom is 0.470 e. The molecule has 8 heteroatoms. The second-order valence-corrected chi connectivity index (χ2v) is 8.07. The summed E-state index contributed by atoms with van der Waals surface area (Å²) in [6, 6.07) is 0. The minimum atomic E-state index is -4.61. The zero-order valence-electron chi connectivity index (χ0n) is 14.8. The van der Waals surface area contributed by atoms with Gasteiger partial charge < -0.3 is 19.0 Å². The Labute approximate surface area is 139 Å². The molecule has 0 saturated carbocycles. The highest BCUT2D eigenvalue weighted by Gasteiger charge is 2.30. The van der Waals surface area contributed by atoms with E-state index in [0.717, 1.165) is 12.8 Å². The predicted octanol–water partition coefficient (Wildman–Crippen LogP) is 2.24. The highest BCUT2D eigenvalue weighted by atomic mass is 31.2. The van der Waals surface area contributed by atoms with Crippen molar-refractivity contribution in [2.75, 3.05) is 27.7 Å². The molecule has 0 spiro atoms. The molecule has 0 saturated heterocycles. The Morgan fingerprint density at radius 3 is 2.22 bits per heavy atom. The number of quaternary nitrogens is 1. The summed E-state index contributed by atoms with van der Waals surface area (Å²) in [6.45, 7) is 7.53. The van der Waals surface area contributed by atoms with Gasteiger partial charge in [0.05, 0.1) is 21.1 Å². The van der Waals surface area contributed by atoms with Crippen LogP contribution in [0, 0.1) is 0 Å². The van der Waals surface area contributed by atoms with Crippen molar-refractivity contribution < 1.29 is 32.9 Å². The quantitative estimate of drug-likeness (QED) is 0.256. The van der Waals surface area contributed by atoms with Gasteiger partial charge in [-0.25, -0.2) is 9.36 Å². The van der Waals surface area contributed by atoms with Gasteiger partial charge in [0.15, 0.2) is 0 Å². The number of likely N-dealkylation sites (N-methyl/N-ethyl adjacent to an activating group) is 1. The van der Waals surface area contributed by atoms with Gasteiger partial charge in [-0.3, -0.25) is 4.52 Å². The lowest BCUT2D eigenvalue weighted by molar-refractivity contribution is -0.873. The third kappa shape index (κ3) is 12.4. The Morgan fingerprint density at radius 2 is 1.83 bits per heavy atom. The first kappa shape index (κ1) is 22.3. The van der Waals surface area contributed by atoms with E-state index in [1.165, 1.54) is 0 Å². The third-order valence-electron chi connectivity index (χ3n) is 3.07. The number of carbonyl (C=O) groups is 1. The van der Waals surface area contributed by atoms with Gasteiger partial charge in [-0.15, -0.1) is 0 Å². The molecule has 0 rings (SSSR count). The number of ether oxygens (including phenoxy) is 1. The number of phosphoric acid groups is 1. The van der Waals surface area contributed by atoms with Crippen LogP contribution in [0.25, 0.3) is 0 Å². The molecule has 0 heterocycles. The summed E-state index contributed by atoms with van der Waals surface area (Å²) in [6.07, 6.45) is 1.47. The molecule has 23 heavy (non-hydrogen) atoms. The molecule has 2 N–H and O–H groups in total. The van der Waals surface area contributed by atoms with Crippen molar-refractivity contribution in [3.05, 3.63) is 12.2 Å². The fraction of sp³-hybridized carbons (Fsp3) is 0.800. The van der Waals surface area contributed by atoms with Crippen molar-refractivity contribution in [3.8, 4) is 0 Å². The Balaban J connectivity index is 5.03. The maximum atomic E-state index is 11.7. The Kier molecular flexibility index (Phi) is 9.25. The van der Waals surface area contributed by atoms with E-state index in [1.54, 1.807) is 6.92 Å². The average Bonchev–Trinajstić information content (AvgIpc) is 2.31. The van der Waals surface area contributed by atoms with E-state index in [0.29, 0.717) is 23.0 Å². The zero-order valence-corrected chi connectivity index (χ0v) is 15.7. The van der Waals surface area contributed by atoms with Crippen molar-refractivity contribution >= 4 is 13.8 Å². The summed E-state index contributed by atoms with van der Waals surface area (Å²) in [5, 5.41) is 0. The van der Waals surface area contributed by atoms with Gasteiger partial charge in [-0.2, -0.15) is 0 Å². The highest BCUT2D eigenvalue weighted by molar-refractivity contribution is 7.46. The number of esters is 1. The first-order valence-corrected chi connectivity index (χ1v) is 9.28. The zero-order chi connectivity index (χ0) is 18.3. The van der Waals surface area contributed by atoms with E-state index in [1.807, 2.05) is 28.1 Å². The fourth-order valence-corrected chi connectivity index (χ4v) is 2.70. The van der Waals surface area contributed by atoms with Gasteiger partial charge in [0.1, 0.15) is 18.8 Å². The third-order valence-corrected chi connectivity index (χ3v) is 3.64. The van der Waals surface area contributed by atoms with Crippen molar-refractivity contribution in [1.29, 1.82) is 0 Å². The number of hydrogen-bond acceptors (Lipinski definition) is 4. The lowest BCUT2D eigenvalue weighted by Crippen LogP contribution is -2.43. The number of rotatable bonds is 11. The number of carbonyl (C=O) groups excluding carboxylic acids is 1. The Morgan fingerprint density at radius 1 is 1.26 bits per heavy atom. The molecular weight excluding hydrogens is 321 g/mol. The summed E-state index contributed by atoms with van der Waals surface area (Å²) >= 11 is 0. The molecule has 0 amide bonds. The molecule has 2 atom stereocenters. The van der Waals surface area contributed by atoms with Crippen LogP contribution in [-0.2, 0) is 18.6 Å².